The van der Waals surface area contributed by atoms with Gasteiger partial charge in [0.1, 0.15) is 11.6 Å². The lowest BCUT2D eigenvalue weighted by molar-refractivity contribution is -0.169. The number of ketones is 2. The summed E-state index contributed by atoms with van der Waals surface area (Å²) in [7, 11) is 0. The maximum Gasteiger partial charge on any atom is 0.302 e. The van der Waals surface area contributed by atoms with E-state index in [1.54, 1.807) is 0 Å². The van der Waals surface area contributed by atoms with Crippen LogP contribution in [0.4, 0.5) is 0 Å². The van der Waals surface area contributed by atoms with E-state index in [1.165, 1.54) is 6.92 Å². The van der Waals surface area contributed by atoms with Crippen LogP contribution in [0.25, 0.3) is 0 Å². The van der Waals surface area contributed by atoms with Crippen LogP contribution in [0.5, 0.6) is 0 Å². The summed E-state index contributed by atoms with van der Waals surface area (Å²) < 4.78 is 5.57. The molecule has 138 valence electrons. The van der Waals surface area contributed by atoms with Gasteiger partial charge in [-0.25, -0.2) is 0 Å². The summed E-state index contributed by atoms with van der Waals surface area (Å²) in [5, 5.41) is 0. The summed E-state index contributed by atoms with van der Waals surface area (Å²) in [6.07, 6.45) is 8.13. The van der Waals surface area contributed by atoms with E-state index in [0.29, 0.717) is 54.7 Å². The first kappa shape index (κ1) is 17.2. The van der Waals surface area contributed by atoms with Crippen LogP contribution in [0.1, 0.15) is 71.6 Å². The molecule has 1 unspecified atom stereocenters. The number of carbonyl (C=O) groups is 3. The van der Waals surface area contributed by atoms with Gasteiger partial charge in [-0.05, 0) is 62.2 Å². The topological polar surface area (TPSA) is 60.4 Å². The van der Waals surface area contributed by atoms with E-state index in [4.69, 9.17) is 4.74 Å². The number of hydrogen-bond acceptors (Lipinski definition) is 4. The zero-order valence-corrected chi connectivity index (χ0v) is 15.5. The summed E-state index contributed by atoms with van der Waals surface area (Å²) in [6, 6.07) is 0. The monoisotopic (exact) mass is 346 g/mol. The molecule has 0 N–H and O–H groups in total. The maximum atomic E-state index is 12.5. The zero-order chi connectivity index (χ0) is 17.8. The highest BCUT2D eigenvalue weighted by Crippen LogP contribution is 2.65. The Bertz CT molecular complexity index is 611. The van der Waals surface area contributed by atoms with Crippen LogP contribution in [0.2, 0.25) is 0 Å². The van der Waals surface area contributed by atoms with E-state index in [9.17, 15) is 14.4 Å². The van der Waals surface area contributed by atoms with Gasteiger partial charge in [-0.1, -0.05) is 6.92 Å². The van der Waals surface area contributed by atoms with Crippen LogP contribution in [0, 0.1) is 34.5 Å². The Morgan fingerprint density at radius 3 is 2.64 bits per heavy atom. The number of Topliss-reactive ketones (excluding diaryl/α,β-unsaturated/α-hetero) is 2. The number of rotatable bonds is 2. The lowest BCUT2D eigenvalue weighted by Crippen LogP contribution is -2.56. The summed E-state index contributed by atoms with van der Waals surface area (Å²) in [6.45, 7) is 4.14. The fourth-order valence-corrected chi connectivity index (χ4v) is 7.14. The van der Waals surface area contributed by atoms with Gasteiger partial charge >= 0.3 is 5.97 Å². The molecule has 0 radical (unpaired) electrons. The summed E-state index contributed by atoms with van der Waals surface area (Å²) >= 11 is 0. The quantitative estimate of drug-likeness (QED) is 0.715. The Kier molecular flexibility index (Phi) is 4.08. The molecule has 0 heterocycles. The van der Waals surface area contributed by atoms with Crippen molar-refractivity contribution < 1.29 is 19.1 Å². The number of esters is 1. The van der Waals surface area contributed by atoms with Crippen molar-refractivity contribution in [2.75, 3.05) is 6.61 Å². The van der Waals surface area contributed by atoms with Crippen LogP contribution >= 0.6 is 0 Å². The molecular formula is C21H30O4. The van der Waals surface area contributed by atoms with Crippen LogP contribution in [0.3, 0.4) is 0 Å². The summed E-state index contributed by atoms with van der Waals surface area (Å²) in [5.74, 6) is 2.53. The number of fused-ring (bicyclic) bond motifs is 5. The van der Waals surface area contributed by atoms with Crippen LogP contribution in [-0.2, 0) is 19.1 Å². The molecule has 4 fully saturated rings. The Morgan fingerprint density at radius 2 is 1.88 bits per heavy atom. The standard InChI is InChI=1S/C21H30O4/c1-13(22)25-12-21-10-7-15(23)11-14(21)3-4-16-17-5-6-19(24)20(17,2)9-8-18(16)21/h14,16-18H,3-12H2,1-2H3/t14?,16-,17-,18-,20-,21+/m0/s1. The van der Waals surface area contributed by atoms with Gasteiger partial charge in [0.2, 0.25) is 0 Å². The second-order valence-electron chi connectivity index (χ2n) is 9.33. The van der Waals surface area contributed by atoms with Crippen molar-refractivity contribution in [3.8, 4) is 0 Å². The molecule has 0 amide bonds. The number of ether oxygens (including phenoxy) is 1. The van der Waals surface area contributed by atoms with Gasteiger partial charge in [0.15, 0.2) is 0 Å². The molecule has 4 saturated carbocycles. The molecular weight excluding hydrogens is 316 g/mol. The minimum absolute atomic E-state index is 0.0323. The summed E-state index contributed by atoms with van der Waals surface area (Å²) in [5.41, 5.74) is -0.156. The minimum atomic E-state index is -0.219. The normalized spacial score (nSPS) is 46.2. The third-order valence-electron chi connectivity index (χ3n) is 8.43. The lowest BCUT2D eigenvalue weighted by atomic mass is 9.45. The lowest BCUT2D eigenvalue weighted by Gasteiger charge is -2.59. The third kappa shape index (κ3) is 2.50. The first-order chi connectivity index (χ1) is 11.9. The van der Waals surface area contributed by atoms with Gasteiger partial charge in [0.25, 0.3) is 0 Å². The molecule has 4 rings (SSSR count). The smallest absolute Gasteiger partial charge is 0.302 e. The fraction of sp³-hybridized carbons (Fsp3) is 0.857. The zero-order valence-electron chi connectivity index (χ0n) is 15.5. The largest absolute Gasteiger partial charge is 0.465 e. The maximum absolute atomic E-state index is 12.5. The van der Waals surface area contributed by atoms with Gasteiger partial charge in [-0.15, -0.1) is 0 Å². The molecule has 4 nitrogen and oxygen atoms in total. The van der Waals surface area contributed by atoms with Crippen molar-refractivity contribution in [3.63, 3.8) is 0 Å². The Labute approximate surface area is 150 Å². The molecule has 0 aliphatic heterocycles. The SMILES string of the molecule is CC(=O)OC[C@]12CCC(=O)CC1CC[C@@H]1[C@@H]2CC[C@]2(C)C(=O)CC[C@@H]12. The average Bonchev–Trinajstić information content (AvgIpc) is 2.88. The second-order valence-corrected chi connectivity index (χ2v) is 9.33. The molecule has 4 aliphatic carbocycles. The van der Waals surface area contributed by atoms with Crippen LogP contribution < -0.4 is 0 Å². The van der Waals surface area contributed by atoms with Gasteiger partial charge in [0.05, 0.1) is 6.61 Å². The van der Waals surface area contributed by atoms with Gasteiger partial charge in [0, 0.05) is 37.0 Å². The van der Waals surface area contributed by atoms with Crippen molar-refractivity contribution >= 4 is 17.5 Å². The minimum Gasteiger partial charge on any atom is -0.465 e. The fourth-order valence-electron chi connectivity index (χ4n) is 7.14. The van der Waals surface area contributed by atoms with E-state index in [1.807, 2.05) is 0 Å². The Balaban J connectivity index is 1.66. The van der Waals surface area contributed by atoms with Crippen molar-refractivity contribution in [1.82, 2.24) is 0 Å². The molecule has 0 bridgehead atoms. The third-order valence-corrected chi connectivity index (χ3v) is 8.43. The molecule has 0 spiro atoms. The molecule has 25 heavy (non-hydrogen) atoms. The molecule has 6 atom stereocenters. The van der Waals surface area contributed by atoms with E-state index in [2.05, 4.69) is 6.92 Å². The highest BCUT2D eigenvalue weighted by atomic mass is 16.5. The van der Waals surface area contributed by atoms with Gasteiger partial charge in [-0.2, -0.15) is 0 Å². The van der Waals surface area contributed by atoms with Gasteiger partial charge < -0.3 is 4.74 Å². The van der Waals surface area contributed by atoms with Crippen LogP contribution in [0.15, 0.2) is 0 Å². The van der Waals surface area contributed by atoms with Gasteiger partial charge in [-0.3, -0.25) is 14.4 Å². The Morgan fingerprint density at radius 1 is 1.08 bits per heavy atom. The molecule has 0 aromatic heterocycles. The predicted molar refractivity (Wildman–Crippen MR) is 92.7 cm³/mol. The van der Waals surface area contributed by atoms with E-state index in [-0.39, 0.29) is 16.8 Å². The predicted octanol–water partition coefficient (Wildman–Crippen LogP) is 3.71. The Hall–Kier alpha value is -1.19. The first-order valence-electron chi connectivity index (χ1n) is 10.1. The molecule has 0 saturated heterocycles. The molecule has 0 aromatic carbocycles. The number of hydrogen-bond donors (Lipinski definition) is 0. The van der Waals surface area contributed by atoms with E-state index < -0.39 is 0 Å². The second kappa shape index (κ2) is 5.92. The average molecular weight is 346 g/mol. The highest BCUT2D eigenvalue weighted by molar-refractivity contribution is 5.87. The van der Waals surface area contributed by atoms with E-state index >= 15 is 0 Å². The molecule has 4 heteroatoms. The van der Waals surface area contributed by atoms with Crippen molar-refractivity contribution in [2.24, 2.45) is 34.5 Å². The van der Waals surface area contributed by atoms with Crippen molar-refractivity contribution in [3.05, 3.63) is 0 Å². The first-order valence-corrected chi connectivity index (χ1v) is 10.1. The summed E-state index contributed by atoms with van der Waals surface area (Å²) in [4.78, 5) is 36.1. The van der Waals surface area contributed by atoms with Crippen molar-refractivity contribution in [2.45, 2.75) is 71.6 Å². The van der Waals surface area contributed by atoms with Crippen LogP contribution in [-0.4, -0.2) is 24.1 Å². The number of carbonyl (C=O) groups excluding carboxylic acids is 3. The highest BCUT2D eigenvalue weighted by Gasteiger charge is 2.61. The van der Waals surface area contributed by atoms with Crippen molar-refractivity contribution in [1.29, 1.82) is 0 Å². The van der Waals surface area contributed by atoms with E-state index in [0.717, 1.165) is 44.9 Å². The molecule has 4 aliphatic rings. The molecule has 0 aromatic rings.